The van der Waals surface area contributed by atoms with Gasteiger partial charge in [0.15, 0.2) is 4.96 Å². The van der Waals surface area contributed by atoms with Crippen molar-refractivity contribution in [1.29, 1.82) is 0 Å². The van der Waals surface area contributed by atoms with Gasteiger partial charge < -0.3 is 5.21 Å². The van der Waals surface area contributed by atoms with Crippen LogP contribution in [0.1, 0.15) is 19.5 Å². The minimum atomic E-state index is 0.459. The van der Waals surface area contributed by atoms with Gasteiger partial charge in [0.1, 0.15) is 10.7 Å². The van der Waals surface area contributed by atoms with Crippen LogP contribution in [0, 0.1) is 0 Å². The molecule has 0 fully saturated rings. The van der Waals surface area contributed by atoms with Crippen molar-refractivity contribution in [3.8, 4) is 0 Å². The van der Waals surface area contributed by atoms with E-state index in [2.05, 4.69) is 24.0 Å². The summed E-state index contributed by atoms with van der Waals surface area (Å²) in [5.41, 5.74) is 0.840. The molecule has 0 aliphatic heterocycles. The number of rotatable bonds is 3. The first kappa shape index (κ1) is 10.5. The number of fused-ring (bicyclic) bond motifs is 1. The zero-order valence-electron chi connectivity index (χ0n) is 8.41. The Balaban J connectivity index is 2.51. The van der Waals surface area contributed by atoms with Crippen LogP contribution in [-0.2, 0) is 0 Å². The molecule has 0 saturated heterocycles. The van der Waals surface area contributed by atoms with E-state index >= 15 is 0 Å². The summed E-state index contributed by atoms with van der Waals surface area (Å²) in [6.45, 7) is 4.22. The third kappa shape index (κ3) is 2.00. The Morgan fingerprint density at radius 2 is 2.47 bits per heavy atom. The number of hydrogen-bond donors (Lipinski definition) is 1. The van der Waals surface area contributed by atoms with E-state index in [0.717, 1.165) is 15.7 Å². The van der Waals surface area contributed by atoms with E-state index in [-0.39, 0.29) is 0 Å². The number of nitrogens with zero attached hydrogens (tertiary/aromatic N) is 3. The molecular formula is C9H11N3OS2. The lowest BCUT2D eigenvalue weighted by Gasteiger charge is -2.01. The van der Waals surface area contributed by atoms with Crippen LogP contribution in [0.5, 0.6) is 0 Å². The Kier molecular flexibility index (Phi) is 2.97. The molecule has 2 rings (SSSR count). The molecule has 0 radical (unpaired) electrons. The quantitative estimate of drug-likeness (QED) is 0.389. The number of hydrogen-bond acceptors (Lipinski definition) is 5. The zero-order chi connectivity index (χ0) is 10.8. The van der Waals surface area contributed by atoms with Crippen molar-refractivity contribution in [2.75, 3.05) is 0 Å². The molecule has 0 spiro atoms. The maximum Gasteiger partial charge on any atom is 0.195 e. The molecule has 2 heterocycles. The highest BCUT2D eigenvalue weighted by molar-refractivity contribution is 7.99. The first-order valence-electron chi connectivity index (χ1n) is 4.52. The largest absolute Gasteiger partial charge is 0.411 e. The molecule has 0 saturated carbocycles. The third-order valence-corrected chi connectivity index (χ3v) is 3.54. The van der Waals surface area contributed by atoms with Gasteiger partial charge in [-0.3, -0.25) is 4.40 Å². The van der Waals surface area contributed by atoms with E-state index in [9.17, 15) is 0 Å². The zero-order valence-corrected chi connectivity index (χ0v) is 10.0. The molecule has 0 aliphatic rings. The minimum absolute atomic E-state index is 0.459. The van der Waals surface area contributed by atoms with Crippen LogP contribution in [-0.4, -0.2) is 26.1 Å². The number of imidazole rings is 1. The lowest BCUT2D eigenvalue weighted by molar-refractivity contribution is 0.321. The van der Waals surface area contributed by atoms with Crippen molar-refractivity contribution < 1.29 is 5.21 Å². The molecule has 15 heavy (non-hydrogen) atoms. The van der Waals surface area contributed by atoms with Crippen molar-refractivity contribution >= 4 is 34.3 Å². The normalized spacial score (nSPS) is 12.2. The fourth-order valence-electron chi connectivity index (χ4n) is 1.27. The monoisotopic (exact) mass is 241 g/mol. The van der Waals surface area contributed by atoms with Crippen molar-refractivity contribution in [2.24, 2.45) is 5.16 Å². The van der Waals surface area contributed by atoms with E-state index < -0.39 is 0 Å². The minimum Gasteiger partial charge on any atom is -0.411 e. The van der Waals surface area contributed by atoms with Gasteiger partial charge in [-0.25, -0.2) is 4.98 Å². The molecule has 1 N–H and O–H groups in total. The number of thioether (sulfide) groups is 1. The Bertz CT molecular complexity index is 486. The van der Waals surface area contributed by atoms with Crippen molar-refractivity contribution in [3.63, 3.8) is 0 Å². The van der Waals surface area contributed by atoms with E-state index in [4.69, 9.17) is 5.21 Å². The molecule has 4 nitrogen and oxygen atoms in total. The summed E-state index contributed by atoms with van der Waals surface area (Å²) >= 11 is 3.24. The first-order chi connectivity index (χ1) is 7.22. The van der Waals surface area contributed by atoms with Crippen LogP contribution in [0.15, 0.2) is 21.8 Å². The molecule has 0 atom stereocenters. The second kappa shape index (κ2) is 4.24. The summed E-state index contributed by atoms with van der Waals surface area (Å²) in [6.07, 6.45) is 3.35. The average Bonchev–Trinajstić information content (AvgIpc) is 2.69. The van der Waals surface area contributed by atoms with Gasteiger partial charge in [-0.1, -0.05) is 19.0 Å². The highest BCUT2D eigenvalue weighted by atomic mass is 32.2. The molecular weight excluding hydrogens is 230 g/mol. The standard InChI is InChI=1S/C9H11N3OS2/c1-6(2)15-8-7(5-10-13)12-3-4-14-9(12)11-8/h3-6,13H,1-2H3. The average molecular weight is 241 g/mol. The summed E-state index contributed by atoms with van der Waals surface area (Å²) in [5.74, 6) is 0. The van der Waals surface area contributed by atoms with Gasteiger partial charge >= 0.3 is 0 Å². The van der Waals surface area contributed by atoms with Crippen molar-refractivity contribution in [3.05, 3.63) is 17.3 Å². The Labute approximate surface area is 95.6 Å². The molecule has 0 amide bonds. The summed E-state index contributed by atoms with van der Waals surface area (Å²) in [4.78, 5) is 5.40. The highest BCUT2D eigenvalue weighted by Crippen LogP contribution is 2.27. The van der Waals surface area contributed by atoms with Gasteiger partial charge in [0, 0.05) is 16.8 Å². The topological polar surface area (TPSA) is 49.9 Å². The predicted molar refractivity (Wildman–Crippen MR) is 63.4 cm³/mol. The summed E-state index contributed by atoms with van der Waals surface area (Å²) < 4.78 is 1.93. The second-order valence-electron chi connectivity index (χ2n) is 3.27. The van der Waals surface area contributed by atoms with Gasteiger partial charge in [0.05, 0.1) is 6.21 Å². The highest BCUT2D eigenvalue weighted by Gasteiger charge is 2.13. The van der Waals surface area contributed by atoms with Gasteiger partial charge in [-0.15, -0.1) is 23.1 Å². The fourth-order valence-corrected chi connectivity index (χ4v) is 2.90. The third-order valence-electron chi connectivity index (χ3n) is 1.79. The summed E-state index contributed by atoms with van der Waals surface area (Å²) in [6, 6.07) is 0. The Morgan fingerprint density at radius 1 is 1.67 bits per heavy atom. The van der Waals surface area contributed by atoms with Gasteiger partial charge in [-0.2, -0.15) is 0 Å². The first-order valence-corrected chi connectivity index (χ1v) is 6.28. The van der Waals surface area contributed by atoms with E-state index in [1.807, 2.05) is 16.0 Å². The van der Waals surface area contributed by atoms with Crippen LogP contribution in [0.25, 0.3) is 4.96 Å². The Morgan fingerprint density at radius 3 is 3.13 bits per heavy atom. The maximum atomic E-state index is 8.62. The van der Waals surface area contributed by atoms with E-state index in [1.165, 1.54) is 6.21 Å². The fraction of sp³-hybridized carbons (Fsp3) is 0.333. The lowest BCUT2D eigenvalue weighted by Crippen LogP contribution is -1.93. The number of aromatic nitrogens is 2. The van der Waals surface area contributed by atoms with Crippen LogP contribution >= 0.6 is 23.1 Å². The van der Waals surface area contributed by atoms with Gasteiger partial charge in [-0.05, 0) is 0 Å². The number of thiazole rings is 1. The van der Waals surface area contributed by atoms with Crippen LogP contribution < -0.4 is 0 Å². The molecule has 2 aromatic heterocycles. The molecule has 80 valence electrons. The van der Waals surface area contributed by atoms with Crippen LogP contribution in [0.2, 0.25) is 0 Å². The SMILES string of the molecule is CC(C)Sc1nc2sccn2c1C=NO. The number of oxime groups is 1. The molecule has 6 heteroatoms. The van der Waals surface area contributed by atoms with Crippen molar-refractivity contribution in [1.82, 2.24) is 9.38 Å². The molecule has 0 aliphatic carbocycles. The molecule has 0 aromatic carbocycles. The predicted octanol–water partition coefficient (Wildman–Crippen LogP) is 2.70. The second-order valence-corrected chi connectivity index (χ2v) is 5.71. The maximum absolute atomic E-state index is 8.62. The van der Waals surface area contributed by atoms with E-state index in [1.54, 1.807) is 23.1 Å². The molecule has 0 unspecified atom stereocenters. The molecule has 0 bridgehead atoms. The Hall–Kier alpha value is -1.01. The smallest absolute Gasteiger partial charge is 0.195 e. The van der Waals surface area contributed by atoms with Gasteiger partial charge in [0.25, 0.3) is 0 Å². The summed E-state index contributed by atoms with van der Waals surface area (Å²) in [5, 5.41) is 15.0. The molecule has 2 aromatic rings. The van der Waals surface area contributed by atoms with Gasteiger partial charge in [0.2, 0.25) is 0 Å². The van der Waals surface area contributed by atoms with Crippen LogP contribution in [0.3, 0.4) is 0 Å². The lowest BCUT2D eigenvalue weighted by atomic mass is 10.5. The van der Waals surface area contributed by atoms with Crippen molar-refractivity contribution in [2.45, 2.75) is 24.1 Å². The summed E-state index contributed by atoms with van der Waals surface area (Å²) in [7, 11) is 0. The van der Waals surface area contributed by atoms with E-state index in [0.29, 0.717) is 5.25 Å². The van der Waals surface area contributed by atoms with Crippen LogP contribution in [0.4, 0.5) is 0 Å².